The summed E-state index contributed by atoms with van der Waals surface area (Å²) < 4.78 is 84.3. The summed E-state index contributed by atoms with van der Waals surface area (Å²) in [5.74, 6) is -0.133. The number of ether oxygens (including phenoxy) is 3. The largest absolute Gasteiger partial charge is 0.756 e. The van der Waals surface area contributed by atoms with Gasteiger partial charge in [0.15, 0.2) is 46.9 Å². The molecule has 0 spiro atoms. The maximum Gasteiger partial charge on any atom is 0.268 e. The number of alkyl halides is 1. The van der Waals surface area contributed by atoms with Gasteiger partial charge in [-0.3, -0.25) is 22.8 Å². The molecule has 3 aliphatic rings. The number of nitrogens with two attached hydrogens (primary N) is 3. The number of halogens is 1. The van der Waals surface area contributed by atoms with Crippen molar-refractivity contribution in [2.24, 2.45) is 5.11 Å². The Kier molecular flexibility index (Phi) is 20.5. The Balaban J connectivity index is 0.000000572. The first-order valence-electron chi connectivity index (χ1n) is 25.1. The van der Waals surface area contributed by atoms with Crippen LogP contribution in [0.4, 0.5) is 21.8 Å². The molecule has 0 radical (unpaired) electrons. The Bertz CT molecular complexity index is 3090. The Morgan fingerprint density at radius 1 is 0.633 bits per heavy atom. The van der Waals surface area contributed by atoms with Crippen LogP contribution in [-0.2, 0) is 41.4 Å². The highest BCUT2D eigenvalue weighted by atomic mass is 31.2. The van der Waals surface area contributed by atoms with Crippen molar-refractivity contribution in [3.63, 3.8) is 0 Å². The number of phosphoric acid groups is 2. The second-order valence-corrected chi connectivity index (χ2v) is 20.7. The van der Waals surface area contributed by atoms with Gasteiger partial charge in [-0.05, 0) is 47.1 Å². The molecule has 79 heavy (non-hydrogen) atoms. The van der Waals surface area contributed by atoms with Crippen LogP contribution >= 0.6 is 15.6 Å². The molecule has 9 heterocycles. The lowest BCUT2D eigenvalue weighted by Crippen LogP contribution is -3.11. The standard InChI is InChI=1S/C30H35FN18O14P2.2C6H15N/c31-13-11(60-28(14(13)45-46-35)47-7-42-15-22(32)36-4-39-25(15)47)2-57-64(53,54)63-21-19(52)12(61-30(21)49-9-44-17-24(34)38-6-41-27(17)49)3-58-65(55,56)62-20-18(51)10(1-50)59-29(20)48-8-43-16-23(33)37-5-40-26(16)48;2*1-4-7(5-2)6-3/h4-14,18-21,28-30,50-52H,1-3H2,(H,53,54)(H,55,56)(H2,32,36,39)(H2,33,37,40)(H2,34,38,41);2*4-6H2,1-3H3/t10-,11-,12-,13-,14-,18-,19-,20-,21-,28-,29-,30-;;/m1../s1. The summed E-state index contributed by atoms with van der Waals surface area (Å²) in [7, 11) is -11.2. The fourth-order valence-corrected chi connectivity index (χ4v) is 10.8. The zero-order valence-corrected chi connectivity index (χ0v) is 45.6. The smallest absolute Gasteiger partial charge is 0.268 e. The molecule has 3 fully saturated rings. The van der Waals surface area contributed by atoms with Crippen LogP contribution in [-0.4, -0.2) is 188 Å². The Morgan fingerprint density at radius 3 is 1.35 bits per heavy atom. The van der Waals surface area contributed by atoms with Crippen LogP contribution in [0.15, 0.2) is 43.1 Å². The second kappa shape index (κ2) is 26.6. The van der Waals surface area contributed by atoms with Gasteiger partial charge in [0.1, 0.15) is 96.7 Å². The van der Waals surface area contributed by atoms with Gasteiger partial charge in [-0.2, -0.15) is 0 Å². The van der Waals surface area contributed by atoms with E-state index in [1.807, 2.05) is 0 Å². The van der Waals surface area contributed by atoms with Crippen LogP contribution in [0, 0.1) is 0 Å². The molecule has 0 amide bonds. The maximum atomic E-state index is 15.8. The number of azide groups is 1. The van der Waals surface area contributed by atoms with Crippen molar-refractivity contribution in [3.8, 4) is 0 Å². The van der Waals surface area contributed by atoms with E-state index in [0.717, 1.165) is 29.9 Å². The van der Waals surface area contributed by atoms with Crippen LogP contribution in [0.5, 0.6) is 0 Å². The topological polar surface area (TPSA) is 472 Å². The van der Waals surface area contributed by atoms with Crippen molar-refractivity contribution in [3.05, 3.63) is 48.4 Å². The van der Waals surface area contributed by atoms with E-state index < -0.39 is 109 Å². The fourth-order valence-electron chi connectivity index (χ4n) is 9.01. The number of nitrogen functional groups attached to an aromatic ring is 3. The summed E-state index contributed by atoms with van der Waals surface area (Å²) in [6.07, 6.45) is -12.4. The fraction of sp³-hybridized carbons (Fsp3) is 0.643. The number of nitrogens with zero attached hydrogens (tertiary/aromatic N) is 15. The van der Waals surface area contributed by atoms with E-state index in [0.29, 0.717) is 0 Å². The lowest BCUT2D eigenvalue weighted by Gasteiger charge is -2.31. The van der Waals surface area contributed by atoms with E-state index in [1.54, 1.807) is 9.80 Å². The van der Waals surface area contributed by atoms with Crippen LogP contribution in [0.1, 0.15) is 60.2 Å². The monoisotopic (exact) mass is 1150 g/mol. The van der Waals surface area contributed by atoms with Crippen molar-refractivity contribution < 1.29 is 80.7 Å². The molecule has 0 aliphatic carbocycles. The number of imidazole rings is 3. The van der Waals surface area contributed by atoms with Crippen molar-refractivity contribution >= 4 is 66.6 Å². The van der Waals surface area contributed by atoms with E-state index in [1.165, 1.54) is 61.1 Å². The van der Waals surface area contributed by atoms with Crippen LogP contribution < -0.4 is 36.8 Å². The number of nitrogens with one attached hydrogen (secondary N) is 2. The molecule has 434 valence electrons. The molecule has 2 unspecified atom stereocenters. The highest BCUT2D eigenvalue weighted by Gasteiger charge is 2.51. The summed E-state index contributed by atoms with van der Waals surface area (Å²) in [4.78, 5) is 69.0. The summed E-state index contributed by atoms with van der Waals surface area (Å²) in [6.45, 7) is 18.1. The second-order valence-electron chi connectivity index (χ2n) is 18.0. The number of aliphatic hydroxyl groups excluding tert-OH is 3. The number of fused-ring (bicyclic) bond motifs is 3. The van der Waals surface area contributed by atoms with Gasteiger partial charge in [-0.15, -0.1) is 0 Å². The van der Waals surface area contributed by atoms with Crippen LogP contribution in [0.3, 0.4) is 0 Å². The van der Waals surface area contributed by atoms with E-state index in [4.69, 9.17) is 49.5 Å². The highest BCUT2D eigenvalue weighted by Crippen LogP contribution is 2.50. The molecular weight excluding hydrogens is 1090 g/mol. The molecule has 0 aromatic carbocycles. The number of quaternary nitrogens is 2. The van der Waals surface area contributed by atoms with Gasteiger partial charge in [0.2, 0.25) is 0 Å². The highest BCUT2D eigenvalue weighted by molar-refractivity contribution is 7.46. The van der Waals surface area contributed by atoms with Gasteiger partial charge < -0.3 is 84.4 Å². The number of hydrogen-bond donors (Lipinski definition) is 8. The van der Waals surface area contributed by atoms with Crippen LogP contribution in [0.2, 0.25) is 0 Å². The van der Waals surface area contributed by atoms with Gasteiger partial charge in [0.25, 0.3) is 15.6 Å². The third kappa shape index (κ3) is 13.5. The third-order valence-electron chi connectivity index (χ3n) is 13.6. The zero-order chi connectivity index (χ0) is 57.3. The van der Waals surface area contributed by atoms with E-state index in [2.05, 4.69) is 96.4 Å². The van der Waals surface area contributed by atoms with E-state index >= 15 is 4.39 Å². The van der Waals surface area contributed by atoms with E-state index in [9.17, 15) is 39.8 Å². The first-order valence-corrected chi connectivity index (χ1v) is 28.1. The maximum absolute atomic E-state index is 15.8. The quantitative estimate of drug-likeness (QED) is 0.0157. The van der Waals surface area contributed by atoms with Crippen LogP contribution in [0.25, 0.3) is 43.9 Å². The lowest BCUT2D eigenvalue weighted by atomic mass is 10.1. The average molecular weight is 1160 g/mol. The Labute approximate surface area is 449 Å². The first-order chi connectivity index (χ1) is 37.8. The lowest BCUT2D eigenvalue weighted by molar-refractivity contribution is -0.894. The van der Waals surface area contributed by atoms with Gasteiger partial charge >= 0.3 is 0 Å². The predicted molar refractivity (Wildman–Crippen MR) is 270 cm³/mol. The third-order valence-corrected chi connectivity index (χ3v) is 15.5. The number of aliphatic hydroxyl groups is 3. The molecule has 9 rings (SSSR count). The average Bonchev–Trinajstić information content (AvgIpc) is 4.39. The number of phosphoric ester groups is 2. The summed E-state index contributed by atoms with van der Waals surface area (Å²) >= 11 is 0. The molecule has 11 N–H and O–H groups in total. The van der Waals surface area contributed by atoms with Gasteiger partial charge in [-0.25, -0.2) is 49.2 Å². The summed E-state index contributed by atoms with van der Waals surface area (Å²) in [6, 6.07) is -1.58. The van der Waals surface area contributed by atoms with Crippen molar-refractivity contribution in [1.29, 1.82) is 0 Å². The predicted octanol–water partition coefficient (Wildman–Crippen LogP) is -2.72. The molecule has 6 aromatic rings. The van der Waals surface area contributed by atoms with Gasteiger partial charge in [-0.1, -0.05) is 5.11 Å². The van der Waals surface area contributed by atoms with E-state index in [-0.39, 0.29) is 50.9 Å². The zero-order valence-electron chi connectivity index (χ0n) is 43.8. The first kappa shape index (κ1) is 60.8. The minimum Gasteiger partial charge on any atom is -0.756 e. The van der Waals surface area contributed by atoms with Gasteiger partial charge in [0, 0.05) is 4.91 Å². The SMILES string of the molecule is CC[NH+](CC)CC.CC[NH+](CC)CC.[N-]=[N+]=N[C@@H]1[C@H](F)[C@@H](COP(=O)([O-])O[C@@H]2[C@H](O)[C@@H](COP(=O)([O-])O[C@@H]3[C@H](O)[C@@H](CO)O[C@H]3n3cnc4c(N)ncnc43)O[C@H]2n2cnc3c(N)ncnc32)O[C@H]1n1cnc2c(N)ncnc21. The molecule has 34 nitrogen and oxygen atoms in total. The molecule has 0 saturated carbocycles. The molecule has 0 bridgehead atoms. The molecule has 37 heteroatoms. The minimum absolute atomic E-state index is 0.0131. The Morgan fingerprint density at radius 2 is 0.987 bits per heavy atom. The van der Waals surface area contributed by atoms with Gasteiger partial charge in [0.05, 0.1) is 78.1 Å². The number of hydrogen-bond acceptors (Lipinski definition) is 27. The Hall–Kier alpha value is -5.81. The molecule has 14 atom stereocenters. The minimum atomic E-state index is -5.65. The summed E-state index contributed by atoms with van der Waals surface area (Å²) in [5.41, 5.74) is 27.2. The number of aromatic nitrogens is 12. The normalized spacial score (nSPS) is 27.4. The van der Waals surface area contributed by atoms with Crippen molar-refractivity contribution in [1.82, 2.24) is 58.6 Å². The molecule has 6 aromatic heterocycles. The van der Waals surface area contributed by atoms with Crippen molar-refractivity contribution in [2.45, 2.75) is 115 Å². The summed E-state index contributed by atoms with van der Waals surface area (Å²) in [5, 5.41) is 35.8. The molecule has 3 aliphatic heterocycles. The molecular formula is C42H65FN20O14P2. The van der Waals surface area contributed by atoms with Crippen molar-refractivity contribution in [2.75, 3.05) is 76.3 Å². The number of rotatable bonds is 21. The number of anilines is 3. The molecule has 3 saturated heterocycles.